The molecule has 0 unspecified atom stereocenters. The van der Waals surface area contributed by atoms with Crippen molar-refractivity contribution < 1.29 is 14.7 Å². The van der Waals surface area contributed by atoms with Crippen molar-refractivity contribution in [2.45, 2.75) is 44.4 Å². The molecule has 1 aromatic rings. The van der Waals surface area contributed by atoms with Crippen molar-refractivity contribution in [3.63, 3.8) is 0 Å². The van der Waals surface area contributed by atoms with E-state index >= 15 is 0 Å². The summed E-state index contributed by atoms with van der Waals surface area (Å²) in [6, 6.07) is 7.07. The molecule has 1 saturated carbocycles. The van der Waals surface area contributed by atoms with Gasteiger partial charge in [-0.05, 0) is 25.3 Å². The largest absolute Gasteiger partial charge is 0.481 e. The number of hydrogen-bond donors (Lipinski definition) is 1. The Balaban J connectivity index is 2.37. The molecule has 0 aromatic heterocycles. The fourth-order valence-electron chi connectivity index (χ4n) is 2.81. The minimum Gasteiger partial charge on any atom is -0.481 e. The summed E-state index contributed by atoms with van der Waals surface area (Å²) in [6.07, 6.45) is 4.42. The van der Waals surface area contributed by atoms with E-state index in [0.717, 1.165) is 24.8 Å². The standard InChI is InChI=1S/C15H18O3/c1-11(16)12-5-7-13(8-6-12)15(14(17)18)9-3-2-4-10-15/h5-8H,2-4,9-10H2,1H3,(H,17,18). The number of hydrogen-bond acceptors (Lipinski definition) is 2. The van der Waals surface area contributed by atoms with E-state index in [1.54, 1.807) is 24.3 Å². The van der Waals surface area contributed by atoms with Gasteiger partial charge in [0.25, 0.3) is 0 Å². The van der Waals surface area contributed by atoms with Crippen molar-refractivity contribution in [3.8, 4) is 0 Å². The predicted molar refractivity (Wildman–Crippen MR) is 68.8 cm³/mol. The fourth-order valence-corrected chi connectivity index (χ4v) is 2.81. The molecule has 2 rings (SSSR count). The quantitative estimate of drug-likeness (QED) is 0.833. The van der Waals surface area contributed by atoms with Crippen molar-refractivity contribution in [1.29, 1.82) is 0 Å². The third kappa shape index (κ3) is 2.17. The summed E-state index contributed by atoms with van der Waals surface area (Å²) in [5.74, 6) is -0.729. The van der Waals surface area contributed by atoms with Crippen LogP contribution in [0.5, 0.6) is 0 Å². The van der Waals surface area contributed by atoms with Crippen molar-refractivity contribution in [3.05, 3.63) is 35.4 Å². The molecular weight excluding hydrogens is 228 g/mol. The first-order valence-electron chi connectivity index (χ1n) is 6.41. The molecule has 0 saturated heterocycles. The molecule has 1 fully saturated rings. The monoisotopic (exact) mass is 246 g/mol. The van der Waals surface area contributed by atoms with Crippen LogP contribution < -0.4 is 0 Å². The number of carbonyl (C=O) groups excluding carboxylic acids is 1. The molecule has 0 aliphatic heterocycles. The van der Waals surface area contributed by atoms with Crippen LogP contribution in [0.4, 0.5) is 0 Å². The highest BCUT2D eigenvalue weighted by atomic mass is 16.4. The molecule has 3 heteroatoms. The SMILES string of the molecule is CC(=O)c1ccc(C2(C(=O)O)CCCCC2)cc1. The van der Waals surface area contributed by atoms with E-state index in [9.17, 15) is 14.7 Å². The Hall–Kier alpha value is -1.64. The second-order valence-corrected chi connectivity index (χ2v) is 5.08. The molecule has 1 N–H and O–H groups in total. The first-order valence-corrected chi connectivity index (χ1v) is 6.41. The summed E-state index contributed by atoms with van der Waals surface area (Å²) in [4.78, 5) is 22.9. The molecule has 0 amide bonds. The number of carboxylic acid groups (broad SMARTS) is 1. The molecule has 1 aliphatic carbocycles. The number of Topliss-reactive ketones (excluding diaryl/α,β-unsaturated/α-hetero) is 1. The third-order valence-corrected chi connectivity index (χ3v) is 3.96. The summed E-state index contributed by atoms with van der Waals surface area (Å²) in [7, 11) is 0. The zero-order chi connectivity index (χ0) is 13.2. The van der Waals surface area contributed by atoms with Gasteiger partial charge in [0.2, 0.25) is 0 Å². The predicted octanol–water partition coefficient (Wildman–Crippen LogP) is 3.18. The van der Waals surface area contributed by atoms with E-state index in [1.807, 2.05) is 0 Å². The minimum absolute atomic E-state index is 0.00886. The summed E-state index contributed by atoms with van der Waals surface area (Å²) in [5, 5.41) is 9.55. The van der Waals surface area contributed by atoms with E-state index in [0.29, 0.717) is 18.4 Å². The van der Waals surface area contributed by atoms with Gasteiger partial charge in [0.15, 0.2) is 5.78 Å². The Morgan fingerprint density at radius 1 is 1.06 bits per heavy atom. The highest BCUT2D eigenvalue weighted by molar-refractivity contribution is 5.94. The molecule has 0 atom stereocenters. The molecule has 96 valence electrons. The smallest absolute Gasteiger partial charge is 0.314 e. The molecule has 0 bridgehead atoms. The second-order valence-electron chi connectivity index (χ2n) is 5.08. The van der Waals surface area contributed by atoms with Crippen LogP contribution >= 0.6 is 0 Å². The van der Waals surface area contributed by atoms with E-state index in [1.165, 1.54) is 6.92 Å². The van der Waals surface area contributed by atoms with E-state index in [4.69, 9.17) is 0 Å². The maximum absolute atomic E-state index is 11.6. The van der Waals surface area contributed by atoms with Crippen LogP contribution in [0.1, 0.15) is 54.9 Å². The van der Waals surface area contributed by atoms with E-state index in [2.05, 4.69) is 0 Å². The van der Waals surface area contributed by atoms with E-state index in [-0.39, 0.29) is 5.78 Å². The highest BCUT2D eigenvalue weighted by Crippen LogP contribution is 2.39. The second kappa shape index (κ2) is 4.92. The summed E-state index contributed by atoms with van der Waals surface area (Å²) < 4.78 is 0. The van der Waals surface area contributed by atoms with Crippen LogP contribution in [0.2, 0.25) is 0 Å². The van der Waals surface area contributed by atoms with Crippen LogP contribution in [-0.4, -0.2) is 16.9 Å². The third-order valence-electron chi connectivity index (χ3n) is 3.96. The first kappa shape index (κ1) is 12.8. The topological polar surface area (TPSA) is 54.4 Å². The number of ketones is 1. The highest BCUT2D eigenvalue weighted by Gasteiger charge is 2.41. The molecular formula is C15H18O3. The fraction of sp³-hybridized carbons (Fsp3) is 0.467. The molecule has 1 aromatic carbocycles. The van der Waals surface area contributed by atoms with E-state index < -0.39 is 11.4 Å². The minimum atomic E-state index is -0.742. The molecule has 0 heterocycles. The number of carboxylic acids is 1. The van der Waals surface area contributed by atoms with Gasteiger partial charge in [0, 0.05) is 5.56 Å². The van der Waals surface area contributed by atoms with Crippen LogP contribution in [0.3, 0.4) is 0 Å². The summed E-state index contributed by atoms with van der Waals surface area (Å²) in [5.41, 5.74) is 0.725. The normalized spacial score (nSPS) is 18.3. The van der Waals surface area contributed by atoms with Crippen LogP contribution in [0.25, 0.3) is 0 Å². The maximum Gasteiger partial charge on any atom is 0.314 e. The van der Waals surface area contributed by atoms with Gasteiger partial charge in [-0.1, -0.05) is 43.5 Å². The number of benzene rings is 1. The van der Waals surface area contributed by atoms with Crippen LogP contribution in [-0.2, 0) is 10.2 Å². The Kier molecular flexibility index (Phi) is 3.50. The van der Waals surface area contributed by atoms with Gasteiger partial charge >= 0.3 is 5.97 Å². The molecule has 1 aliphatic rings. The zero-order valence-corrected chi connectivity index (χ0v) is 10.6. The average molecular weight is 246 g/mol. The van der Waals surface area contributed by atoms with Crippen molar-refractivity contribution in [1.82, 2.24) is 0 Å². The van der Waals surface area contributed by atoms with Gasteiger partial charge in [-0.3, -0.25) is 9.59 Å². The Bertz CT molecular complexity index is 453. The van der Waals surface area contributed by atoms with Gasteiger partial charge in [-0.2, -0.15) is 0 Å². The molecule has 18 heavy (non-hydrogen) atoms. The van der Waals surface area contributed by atoms with Gasteiger partial charge in [-0.25, -0.2) is 0 Å². The van der Waals surface area contributed by atoms with Gasteiger partial charge in [0.1, 0.15) is 0 Å². The zero-order valence-electron chi connectivity index (χ0n) is 10.6. The lowest BCUT2D eigenvalue weighted by atomic mass is 9.69. The average Bonchev–Trinajstić information content (AvgIpc) is 2.39. The molecule has 0 radical (unpaired) electrons. The lowest BCUT2D eigenvalue weighted by Crippen LogP contribution is -2.37. The maximum atomic E-state index is 11.6. The lowest BCUT2D eigenvalue weighted by Gasteiger charge is -2.33. The summed E-state index contributed by atoms with van der Waals surface area (Å²) >= 11 is 0. The number of carbonyl (C=O) groups is 2. The van der Waals surface area contributed by atoms with Gasteiger partial charge in [-0.15, -0.1) is 0 Å². The van der Waals surface area contributed by atoms with Crippen molar-refractivity contribution in [2.75, 3.05) is 0 Å². The Labute approximate surface area is 107 Å². The number of aliphatic carboxylic acids is 1. The van der Waals surface area contributed by atoms with Crippen molar-refractivity contribution >= 4 is 11.8 Å². The Morgan fingerprint density at radius 3 is 2.06 bits per heavy atom. The lowest BCUT2D eigenvalue weighted by molar-refractivity contribution is -0.145. The molecule has 0 spiro atoms. The van der Waals surface area contributed by atoms with Gasteiger partial charge in [0.05, 0.1) is 5.41 Å². The van der Waals surface area contributed by atoms with Crippen LogP contribution in [0.15, 0.2) is 24.3 Å². The number of rotatable bonds is 3. The first-order chi connectivity index (χ1) is 8.56. The summed E-state index contributed by atoms with van der Waals surface area (Å²) in [6.45, 7) is 1.52. The van der Waals surface area contributed by atoms with Gasteiger partial charge < -0.3 is 5.11 Å². The Morgan fingerprint density at radius 2 is 1.61 bits per heavy atom. The van der Waals surface area contributed by atoms with Crippen LogP contribution in [0, 0.1) is 0 Å². The van der Waals surface area contributed by atoms with Crippen molar-refractivity contribution in [2.24, 2.45) is 0 Å². The molecule has 3 nitrogen and oxygen atoms in total.